The van der Waals surface area contributed by atoms with E-state index in [9.17, 15) is 4.79 Å². The molecule has 0 aliphatic rings. The topological polar surface area (TPSA) is 73.6 Å². The molecule has 1 amide bonds. The fourth-order valence-electron chi connectivity index (χ4n) is 2.77. The lowest BCUT2D eigenvalue weighted by molar-refractivity contribution is 0.0946. The molecule has 2 aromatic heterocycles. The van der Waals surface area contributed by atoms with Crippen molar-refractivity contribution < 1.29 is 4.79 Å². The van der Waals surface area contributed by atoms with Gasteiger partial charge in [0.1, 0.15) is 5.69 Å². The Morgan fingerprint density at radius 3 is 2.87 bits per heavy atom. The molecule has 0 unspecified atom stereocenters. The molecule has 23 heavy (non-hydrogen) atoms. The second-order valence-electron chi connectivity index (χ2n) is 5.97. The summed E-state index contributed by atoms with van der Waals surface area (Å²) in [7, 11) is 0. The molecule has 5 nitrogen and oxygen atoms in total. The van der Waals surface area contributed by atoms with Crippen molar-refractivity contribution in [2.75, 3.05) is 0 Å². The number of rotatable bonds is 5. The molecule has 0 atom stereocenters. The Hall–Kier alpha value is -2.56. The van der Waals surface area contributed by atoms with Crippen molar-refractivity contribution in [2.45, 2.75) is 40.2 Å². The zero-order valence-corrected chi connectivity index (χ0v) is 13.8. The first-order valence-electron chi connectivity index (χ1n) is 7.98. The molecule has 0 aliphatic carbocycles. The monoisotopic (exact) mass is 310 g/mol. The van der Waals surface area contributed by atoms with Crippen molar-refractivity contribution in [1.82, 2.24) is 20.5 Å². The highest BCUT2D eigenvalue weighted by molar-refractivity contribution is 5.92. The first-order chi connectivity index (χ1) is 11.1. The number of amides is 1. The van der Waals surface area contributed by atoms with Gasteiger partial charge in [-0.2, -0.15) is 5.10 Å². The van der Waals surface area contributed by atoms with Crippen molar-refractivity contribution in [3.8, 4) is 0 Å². The van der Waals surface area contributed by atoms with Crippen molar-refractivity contribution in [2.24, 2.45) is 0 Å². The van der Waals surface area contributed by atoms with E-state index in [0.29, 0.717) is 12.2 Å². The molecule has 0 bridgehead atoms. The van der Waals surface area contributed by atoms with Crippen LogP contribution in [0.5, 0.6) is 0 Å². The summed E-state index contributed by atoms with van der Waals surface area (Å²) >= 11 is 0. The predicted octanol–water partition coefficient (Wildman–Crippen LogP) is 3.39. The summed E-state index contributed by atoms with van der Waals surface area (Å²) in [6, 6.07) is 8.04. The Labute approximate surface area is 135 Å². The minimum atomic E-state index is -0.148. The fourth-order valence-corrected chi connectivity index (χ4v) is 2.77. The van der Waals surface area contributed by atoms with Gasteiger partial charge in [-0.3, -0.25) is 9.89 Å². The smallest absolute Gasteiger partial charge is 0.272 e. The number of nitrogens with one attached hydrogen (secondary N) is 3. The lowest BCUT2D eigenvalue weighted by Gasteiger charge is -2.04. The summed E-state index contributed by atoms with van der Waals surface area (Å²) in [6.07, 6.45) is 1.93. The summed E-state index contributed by atoms with van der Waals surface area (Å²) in [5.41, 5.74) is 6.09. The van der Waals surface area contributed by atoms with Crippen molar-refractivity contribution in [1.29, 1.82) is 0 Å². The quantitative estimate of drug-likeness (QED) is 0.676. The van der Waals surface area contributed by atoms with Gasteiger partial charge in [0.05, 0.1) is 0 Å². The number of benzene rings is 1. The molecule has 3 rings (SSSR count). The van der Waals surface area contributed by atoms with Crippen molar-refractivity contribution in [3.05, 3.63) is 52.5 Å². The molecular formula is C18H22N4O. The summed E-state index contributed by atoms with van der Waals surface area (Å²) in [4.78, 5) is 15.5. The standard InChI is InChI=1S/C18H22N4O/c1-4-5-14-9-17(22-21-14)18(23)19-10-13-6-7-16-15(8-13)11(2)12(3)20-16/h6-9,20H,4-5,10H2,1-3H3,(H,19,23)(H,21,22). The van der Waals surface area contributed by atoms with Crippen LogP contribution in [0.2, 0.25) is 0 Å². The van der Waals surface area contributed by atoms with Crippen LogP contribution in [-0.4, -0.2) is 21.1 Å². The Kier molecular flexibility index (Phi) is 4.19. The molecular weight excluding hydrogens is 288 g/mol. The highest BCUT2D eigenvalue weighted by atomic mass is 16.1. The van der Waals surface area contributed by atoms with E-state index in [1.54, 1.807) is 0 Å². The molecule has 120 valence electrons. The molecule has 0 spiro atoms. The van der Waals surface area contributed by atoms with Crippen LogP contribution in [-0.2, 0) is 13.0 Å². The van der Waals surface area contributed by atoms with Gasteiger partial charge in [-0.1, -0.05) is 19.4 Å². The average Bonchev–Trinajstić information content (AvgIpc) is 3.11. The molecule has 0 saturated heterocycles. The lowest BCUT2D eigenvalue weighted by atomic mass is 10.1. The molecule has 0 saturated carbocycles. The van der Waals surface area contributed by atoms with Crippen LogP contribution in [0.15, 0.2) is 24.3 Å². The van der Waals surface area contributed by atoms with Crippen LogP contribution in [0.4, 0.5) is 0 Å². The van der Waals surface area contributed by atoms with Gasteiger partial charge in [0.15, 0.2) is 0 Å². The minimum absolute atomic E-state index is 0.148. The van der Waals surface area contributed by atoms with Crippen LogP contribution in [0.1, 0.15) is 46.3 Å². The van der Waals surface area contributed by atoms with E-state index in [4.69, 9.17) is 0 Å². The zero-order valence-electron chi connectivity index (χ0n) is 13.8. The molecule has 0 radical (unpaired) electrons. The third-order valence-corrected chi connectivity index (χ3v) is 4.21. The summed E-state index contributed by atoms with van der Waals surface area (Å²) in [6.45, 7) is 6.77. The van der Waals surface area contributed by atoms with Crippen LogP contribution >= 0.6 is 0 Å². The van der Waals surface area contributed by atoms with Gasteiger partial charge in [0.2, 0.25) is 0 Å². The number of fused-ring (bicyclic) bond motifs is 1. The molecule has 1 aromatic carbocycles. The number of carbonyl (C=O) groups excluding carboxylic acids is 1. The third kappa shape index (κ3) is 3.13. The molecule has 0 fully saturated rings. The van der Waals surface area contributed by atoms with E-state index < -0.39 is 0 Å². The fraction of sp³-hybridized carbons (Fsp3) is 0.333. The Bertz CT molecular complexity index is 844. The highest BCUT2D eigenvalue weighted by Gasteiger charge is 2.10. The average molecular weight is 310 g/mol. The molecule has 5 heteroatoms. The van der Waals surface area contributed by atoms with E-state index in [-0.39, 0.29) is 5.91 Å². The summed E-state index contributed by atoms with van der Waals surface area (Å²) in [5.74, 6) is -0.148. The van der Waals surface area contributed by atoms with Crippen LogP contribution < -0.4 is 5.32 Å². The summed E-state index contributed by atoms with van der Waals surface area (Å²) in [5, 5.41) is 11.1. The van der Waals surface area contributed by atoms with Gasteiger partial charge in [0, 0.05) is 28.8 Å². The Morgan fingerprint density at radius 1 is 1.26 bits per heavy atom. The largest absolute Gasteiger partial charge is 0.358 e. The van der Waals surface area contributed by atoms with Gasteiger partial charge < -0.3 is 10.3 Å². The first kappa shape index (κ1) is 15.3. The number of aromatic nitrogens is 3. The van der Waals surface area contributed by atoms with Gasteiger partial charge in [-0.15, -0.1) is 0 Å². The SMILES string of the molecule is CCCc1cc(C(=O)NCc2ccc3[nH]c(C)c(C)c3c2)n[nH]1. The maximum absolute atomic E-state index is 12.2. The van der Waals surface area contributed by atoms with E-state index in [2.05, 4.69) is 53.4 Å². The lowest BCUT2D eigenvalue weighted by Crippen LogP contribution is -2.23. The van der Waals surface area contributed by atoms with Crippen molar-refractivity contribution in [3.63, 3.8) is 0 Å². The van der Waals surface area contributed by atoms with Gasteiger partial charge in [0.25, 0.3) is 5.91 Å². The molecule has 2 heterocycles. The second-order valence-corrected chi connectivity index (χ2v) is 5.97. The van der Waals surface area contributed by atoms with E-state index in [1.165, 1.54) is 16.6 Å². The highest BCUT2D eigenvalue weighted by Crippen LogP contribution is 2.22. The van der Waals surface area contributed by atoms with Crippen LogP contribution in [0.3, 0.4) is 0 Å². The number of hydrogen-bond donors (Lipinski definition) is 3. The third-order valence-electron chi connectivity index (χ3n) is 4.21. The number of hydrogen-bond acceptors (Lipinski definition) is 2. The zero-order chi connectivity index (χ0) is 16.4. The normalized spacial score (nSPS) is 11.1. The summed E-state index contributed by atoms with van der Waals surface area (Å²) < 4.78 is 0. The van der Waals surface area contributed by atoms with Gasteiger partial charge >= 0.3 is 0 Å². The number of aryl methyl sites for hydroxylation is 3. The first-order valence-corrected chi connectivity index (χ1v) is 7.98. The van der Waals surface area contributed by atoms with Crippen LogP contribution in [0, 0.1) is 13.8 Å². The molecule has 0 aliphatic heterocycles. The van der Waals surface area contributed by atoms with Gasteiger partial charge in [-0.05, 0) is 49.6 Å². The number of H-pyrrole nitrogens is 2. The number of carbonyl (C=O) groups is 1. The molecule has 3 N–H and O–H groups in total. The van der Waals surface area contributed by atoms with Crippen molar-refractivity contribution >= 4 is 16.8 Å². The Balaban J connectivity index is 1.69. The van der Waals surface area contributed by atoms with E-state index >= 15 is 0 Å². The maximum atomic E-state index is 12.2. The second kappa shape index (κ2) is 6.28. The predicted molar refractivity (Wildman–Crippen MR) is 91.5 cm³/mol. The maximum Gasteiger partial charge on any atom is 0.272 e. The van der Waals surface area contributed by atoms with Gasteiger partial charge in [-0.25, -0.2) is 0 Å². The van der Waals surface area contributed by atoms with E-state index in [1.807, 2.05) is 12.1 Å². The number of nitrogens with zero attached hydrogens (tertiary/aromatic N) is 1. The van der Waals surface area contributed by atoms with Crippen LogP contribution in [0.25, 0.3) is 10.9 Å². The van der Waals surface area contributed by atoms with E-state index in [0.717, 1.165) is 29.6 Å². The number of aromatic amines is 2. The minimum Gasteiger partial charge on any atom is -0.358 e. The molecule has 3 aromatic rings. The Morgan fingerprint density at radius 2 is 2.09 bits per heavy atom.